The Kier molecular flexibility index (Phi) is 4.27. The molecule has 0 unspecified atom stereocenters. The summed E-state index contributed by atoms with van der Waals surface area (Å²) in [5.41, 5.74) is 8.08. The zero-order valence-corrected chi connectivity index (χ0v) is 10.4. The van der Waals surface area contributed by atoms with Crippen molar-refractivity contribution in [3.8, 4) is 5.75 Å². The second-order valence-electron chi connectivity index (χ2n) is 3.49. The number of hydrogen-bond donors (Lipinski definition) is 2. The van der Waals surface area contributed by atoms with Crippen LogP contribution >= 0.6 is 11.3 Å². The average Bonchev–Trinajstić information content (AvgIpc) is 2.92. The fraction of sp³-hybridized carbons (Fsp3) is 0.167. The molecule has 1 amide bonds. The fourth-order valence-electron chi connectivity index (χ4n) is 1.33. The smallest absolute Gasteiger partial charge is 0.275 e. The Morgan fingerprint density at radius 1 is 1.39 bits per heavy atom. The Hall–Kier alpha value is -1.92. The van der Waals surface area contributed by atoms with Gasteiger partial charge in [-0.05, 0) is 24.3 Å². The standard InChI is InChI=1S/C12H13N3O2S/c13-5-6-17-10-3-1-9(2-4-10)15-12(16)11-7-18-8-14-11/h1-4,7-8H,5-6,13H2,(H,15,16). The summed E-state index contributed by atoms with van der Waals surface area (Å²) in [6.07, 6.45) is 0. The Bertz CT molecular complexity index is 497. The number of nitrogens with zero attached hydrogens (tertiary/aromatic N) is 1. The van der Waals surface area contributed by atoms with Gasteiger partial charge in [-0.2, -0.15) is 0 Å². The van der Waals surface area contributed by atoms with E-state index >= 15 is 0 Å². The van der Waals surface area contributed by atoms with Gasteiger partial charge in [0.1, 0.15) is 18.1 Å². The maximum absolute atomic E-state index is 11.7. The van der Waals surface area contributed by atoms with E-state index in [4.69, 9.17) is 10.5 Å². The monoisotopic (exact) mass is 263 g/mol. The molecule has 0 aliphatic heterocycles. The van der Waals surface area contributed by atoms with E-state index in [1.54, 1.807) is 35.2 Å². The zero-order chi connectivity index (χ0) is 12.8. The molecule has 1 heterocycles. The molecule has 2 rings (SSSR count). The van der Waals surface area contributed by atoms with Gasteiger partial charge in [0.2, 0.25) is 0 Å². The molecule has 2 aromatic rings. The van der Waals surface area contributed by atoms with Crippen LogP contribution in [0.15, 0.2) is 35.2 Å². The van der Waals surface area contributed by atoms with Gasteiger partial charge in [-0.3, -0.25) is 4.79 Å². The van der Waals surface area contributed by atoms with Crippen molar-refractivity contribution in [2.24, 2.45) is 5.73 Å². The Morgan fingerprint density at radius 3 is 2.78 bits per heavy atom. The summed E-state index contributed by atoms with van der Waals surface area (Å²) in [7, 11) is 0. The molecule has 1 aromatic carbocycles. The Labute approximate surface area is 109 Å². The van der Waals surface area contributed by atoms with Crippen molar-refractivity contribution in [2.45, 2.75) is 0 Å². The number of nitrogens with two attached hydrogens (primary N) is 1. The van der Waals surface area contributed by atoms with E-state index in [-0.39, 0.29) is 5.91 Å². The van der Waals surface area contributed by atoms with Crippen LogP contribution in [0.25, 0.3) is 0 Å². The summed E-state index contributed by atoms with van der Waals surface area (Å²) < 4.78 is 5.34. The van der Waals surface area contributed by atoms with Gasteiger partial charge < -0.3 is 15.8 Å². The third-order valence-corrected chi connectivity index (χ3v) is 2.75. The molecule has 0 fully saturated rings. The molecule has 5 nitrogen and oxygen atoms in total. The lowest BCUT2D eigenvalue weighted by Gasteiger charge is -2.06. The number of anilines is 1. The first kappa shape index (κ1) is 12.5. The molecule has 0 saturated heterocycles. The van der Waals surface area contributed by atoms with Gasteiger partial charge in [-0.1, -0.05) is 0 Å². The quantitative estimate of drug-likeness (QED) is 0.861. The van der Waals surface area contributed by atoms with Gasteiger partial charge in [0.15, 0.2) is 0 Å². The lowest BCUT2D eigenvalue weighted by atomic mass is 10.3. The first-order valence-electron chi connectivity index (χ1n) is 5.42. The lowest BCUT2D eigenvalue weighted by Crippen LogP contribution is -2.12. The highest BCUT2D eigenvalue weighted by Gasteiger charge is 2.07. The summed E-state index contributed by atoms with van der Waals surface area (Å²) >= 11 is 1.39. The molecular weight excluding hydrogens is 250 g/mol. The largest absolute Gasteiger partial charge is 0.492 e. The molecule has 94 valence electrons. The lowest BCUT2D eigenvalue weighted by molar-refractivity contribution is 0.102. The van der Waals surface area contributed by atoms with E-state index in [1.807, 2.05) is 0 Å². The zero-order valence-electron chi connectivity index (χ0n) is 9.63. The number of hydrogen-bond acceptors (Lipinski definition) is 5. The minimum absolute atomic E-state index is 0.216. The van der Waals surface area contributed by atoms with E-state index in [9.17, 15) is 4.79 Å². The van der Waals surface area contributed by atoms with E-state index in [1.165, 1.54) is 11.3 Å². The van der Waals surface area contributed by atoms with Crippen LogP contribution in [0.5, 0.6) is 5.75 Å². The Morgan fingerprint density at radius 2 is 2.17 bits per heavy atom. The molecule has 1 aromatic heterocycles. The number of ether oxygens (including phenoxy) is 1. The Balaban J connectivity index is 1.96. The van der Waals surface area contributed by atoms with Crippen LogP contribution in [-0.4, -0.2) is 24.0 Å². The maximum Gasteiger partial charge on any atom is 0.275 e. The molecule has 0 spiro atoms. The highest BCUT2D eigenvalue weighted by Crippen LogP contribution is 2.16. The van der Waals surface area contributed by atoms with Crippen LogP contribution in [0.3, 0.4) is 0 Å². The van der Waals surface area contributed by atoms with E-state index in [0.29, 0.717) is 24.5 Å². The van der Waals surface area contributed by atoms with Gasteiger partial charge in [-0.25, -0.2) is 4.98 Å². The number of aromatic nitrogens is 1. The summed E-state index contributed by atoms with van der Waals surface area (Å²) in [6, 6.07) is 7.12. The molecule has 6 heteroatoms. The molecule has 0 bridgehead atoms. The van der Waals surface area contributed by atoms with Crippen molar-refractivity contribution in [3.63, 3.8) is 0 Å². The van der Waals surface area contributed by atoms with Gasteiger partial charge >= 0.3 is 0 Å². The second-order valence-corrected chi connectivity index (χ2v) is 4.21. The highest BCUT2D eigenvalue weighted by molar-refractivity contribution is 7.07. The number of carbonyl (C=O) groups excluding carboxylic acids is 1. The normalized spacial score (nSPS) is 10.1. The predicted molar refractivity (Wildman–Crippen MR) is 71.1 cm³/mol. The highest BCUT2D eigenvalue weighted by atomic mass is 32.1. The molecule has 0 saturated carbocycles. The number of rotatable bonds is 5. The van der Waals surface area contributed by atoms with Gasteiger partial charge in [0.25, 0.3) is 5.91 Å². The van der Waals surface area contributed by atoms with Crippen LogP contribution in [-0.2, 0) is 0 Å². The average molecular weight is 263 g/mol. The summed E-state index contributed by atoms with van der Waals surface area (Å²) in [4.78, 5) is 15.7. The minimum Gasteiger partial charge on any atom is -0.492 e. The summed E-state index contributed by atoms with van der Waals surface area (Å²) in [5.74, 6) is 0.513. The van der Waals surface area contributed by atoms with Gasteiger partial charge in [0, 0.05) is 17.6 Å². The number of benzene rings is 1. The third-order valence-electron chi connectivity index (χ3n) is 2.16. The molecule has 3 N–H and O–H groups in total. The first-order chi connectivity index (χ1) is 8.79. The van der Waals surface area contributed by atoms with Crippen molar-refractivity contribution in [1.29, 1.82) is 0 Å². The summed E-state index contributed by atoms with van der Waals surface area (Å²) in [5, 5.41) is 4.46. The van der Waals surface area contributed by atoms with E-state index in [0.717, 1.165) is 5.75 Å². The number of carbonyl (C=O) groups is 1. The first-order valence-corrected chi connectivity index (χ1v) is 6.36. The van der Waals surface area contributed by atoms with Crippen LogP contribution in [0.4, 0.5) is 5.69 Å². The van der Waals surface area contributed by atoms with Crippen molar-refractivity contribution in [2.75, 3.05) is 18.5 Å². The fourth-order valence-corrected chi connectivity index (χ4v) is 1.86. The third kappa shape index (κ3) is 3.28. The van der Waals surface area contributed by atoms with Crippen molar-refractivity contribution < 1.29 is 9.53 Å². The number of amides is 1. The van der Waals surface area contributed by atoms with E-state index in [2.05, 4.69) is 10.3 Å². The minimum atomic E-state index is -0.216. The van der Waals surface area contributed by atoms with Crippen LogP contribution in [0.2, 0.25) is 0 Å². The molecule has 18 heavy (non-hydrogen) atoms. The van der Waals surface area contributed by atoms with E-state index < -0.39 is 0 Å². The molecule has 0 atom stereocenters. The van der Waals surface area contributed by atoms with Crippen molar-refractivity contribution in [3.05, 3.63) is 40.8 Å². The van der Waals surface area contributed by atoms with Gasteiger partial charge in [0.05, 0.1) is 5.51 Å². The van der Waals surface area contributed by atoms with Gasteiger partial charge in [-0.15, -0.1) is 11.3 Å². The number of thiazole rings is 1. The topological polar surface area (TPSA) is 77.2 Å². The molecule has 0 aliphatic rings. The van der Waals surface area contributed by atoms with Crippen LogP contribution < -0.4 is 15.8 Å². The predicted octanol–water partition coefficient (Wildman–Crippen LogP) is 1.73. The molecule has 0 radical (unpaired) electrons. The summed E-state index contributed by atoms with van der Waals surface area (Å²) in [6.45, 7) is 0.951. The maximum atomic E-state index is 11.7. The van der Waals surface area contributed by atoms with Crippen molar-refractivity contribution >= 4 is 22.9 Å². The van der Waals surface area contributed by atoms with Crippen LogP contribution in [0, 0.1) is 0 Å². The van der Waals surface area contributed by atoms with Crippen molar-refractivity contribution in [1.82, 2.24) is 4.98 Å². The molecular formula is C12H13N3O2S. The number of nitrogens with one attached hydrogen (secondary N) is 1. The van der Waals surface area contributed by atoms with Crippen LogP contribution in [0.1, 0.15) is 10.5 Å². The SMILES string of the molecule is NCCOc1ccc(NC(=O)c2cscn2)cc1. The second kappa shape index (κ2) is 6.13. The molecule has 0 aliphatic carbocycles.